The van der Waals surface area contributed by atoms with Gasteiger partial charge >= 0.3 is 0 Å². The molecule has 0 radical (unpaired) electrons. The summed E-state index contributed by atoms with van der Waals surface area (Å²) in [6, 6.07) is 12.4. The molecule has 29 heavy (non-hydrogen) atoms. The lowest BCUT2D eigenvalue weighted by molar-refractivity contribution is -0.136. The van der Waals surface area contributed by atoms with Gasteiger partial charge in [-0.3, -0.25) is 9.78 Å². The first kappa shape index (κ1) is 19.9. The SMILES string of the molecule is CN(CCc1ccccn1)Cc1ccc2c(c1)CN(C(=O)C1CCOC1)CCO2. The Kier molecular flexibility index (Phi) is 6.42. The lowest BCUT2D eigenvalue weighted by Crippen LogP contribution is -2.37. The average Bonchev–Trinajstić information content (AvgIpc) is 3.20. The number of nitrogens with zero attached hydrogens (tertiary/aromatic N) is 3. The standard InChI is InChI=1S/C23H29N3O3/c1-25(10-7-21-4-2-3-9-24-21)15-18-5-6-22-20(14-18)16-26(11-13-29-22)23(27)19-8-12-28-17-19/h2-6,9,14,19H,7-8,10-13,15-17H2,1H3. The monoisotopic (exact) mass is 395 g/mol. The molecule has 0 N–H and O–H groups in total. The number of benzene rings is 1. The molecule has 1 saturated heterocycles. The Hall–Kier alpha value is -2.44. The largest absolute Gasteiger partial charge is 0.491 e. The molecule has 6 nitrogen and oxygen atoms in total. The minimum Gasteiger partial charge on any atom is -0.491 e. The number of fused-ring (bicyclic) bond motifs is 1. The lowest BCUT2D eigenvalue weighted by atomic mass is 10.1. The smallest absolute Gasteiger partial charge is 0.228 e. The van der Waals surface area contributed by atoms with E-state index in [1.54, 1.807) is 0 Å². The van der Waals surface area contributed by atoms with Gasteiger partial charge in [0.2, 0.25) is 5.91 Å². The van der Waals surface area contributed by atoms with Crippen molar-refractivity contribution < 1.29 is 14.3 Å². The van der Waals surface area contributed by atoms with Crippen LogP contribution >= 0.6 is 0 Å². The molecule has 154 valence electrons. The Bertz CT molecular complexity index is 821. The van der Waals surface area contributed by atoms with Crippen LogP contribution in [0, 0.1) is 5.92 Å². The minimum atomic E-state index is -0.00235. The highest BCUT2D eigenvalue weighted by Gasteiger charge is 2.29. The van der Waals surface area contributed by atoms with Crippen LogP contribution in [0.15, 0.2) is 42.6 Å². The van der Waals surface area contributed by atoms with Gasteiger partial charge in [0.1, 0.15) is 12.4 Å². The van der Waals surface area contributed by atoms with E-state index in [-0.39, 0.29) is 11.8 Å². The van der Waals surface area contributed by atoms with E-state index in [4.69, 9.17) is 9.47 Å². The van der Waals surface area contributed by atoms with E-state index in [0.29, 0.717) is 32.9 Å². The summed E-state index contributed by atoms with van der Waals surface area (Å²) in [5.74, 6) is 1.08. The quantitative estimate of drug-likeness (QED) is 0.752. The zero-order valence-corrected chi connectivity index (χ0v) is 17.0. The van der Waals surface area contributed by atoms with Gasteiger partial charge in [0, 0.05) is 50.1 Å². The minimum absolute atomic E-state index is 0.00235. The number of aromatic nitrogens is 1. The number of likely N-dealkylation sites (N-methyl/N-ethyl adjacent to an activating group) is 1. The van der Waals surface area contributed by atoms with Gasteiger partial charge in [-0.25, -0.2) is 0 Å². The van der Waals surface area contributed by atoms with Crippen LogP contribution in [0.1, 0.15) is 23.2 Å². The lowest BCUT2D eigenvalue weighted by Gasteiger charge is -2.23. The molecule has 1 aromatic heterocycles. The Balaban J connectivity index is 1.38. The van der Waals surface area contributed by atoms with Crippen LogP contribution in [-0.4, -0.2) is 60.6 Å². The van der Waals surface area contributed by atoms with E-state index in [1.165, 1.54) is 5.56 Å². The van der Waals surface area contributed by atoms with Gasteiger partial charge in [-0.15, -0.1) is 0 Å². The van der Waals surface area contributed by atoms with Gasteiger partial charge in [0.25, 0.3) is 0 Å². The number of rotatable bonds is 6. The Morgan fingerprint density at radius 3 is 3.00 bits per heavy atom. The molecule has 0 bridgehead atoms. The molecule has 1 atom stereocenters. The van der Waals surface area contributed by atoms with Crippen molar-refractivity contribution >= 4 is 5.91 Å². The molecule has 0 aliphatic carbocycles. The van der Waals surface area contributed by atoms with Crippen molar-refractivity contribution in [2.75, 3.05) is 40.0 Å². The number of amides is 1. The molecule has 1 fully saturated rings. The summed E-state index contributed by atoms with van der Waals surface area (Å²) in [5, 5.41) is 0. The predicted octanol–water partition coefficient (Wildman–Crippen LogP) is 2.51. The Morgan fingerprint density at radius 2 is 2.21 bits per heavy atom. The van der Waals surface area contributed by atoms with E-state index in [2.05, 4.69) is 35.1 Å². The second-order valence-electron chi connectivity index (χ2n) is 7.92. The third-order valence-corrected chi connectivity index (χ3v) is 5.62. The zero-order valence-electron chi connectivity index (χ0n) is 17.0. The molecule has 0 saturated carbocycles. The van der Waals surface area contributed by atoms with Gasteiger partial charge in [-0.2, -0.15) is 0 Å². The molecule has 3 heterocycles. The highest BCUT2D eigenvalue weighted by Crippen LogP contribution is 2.26. The number of carbonyl (C=O) groups excluding carboxylic acids is 1. The first-order valence-corrected chi connectivity index (χ1v) is 10.4. The highest BCUT2D eigenvalue weighted by molar-refractivity contribution is 5.79. The van der Waals surface area contributed by atoms with Crippen molar-refractivity contribution in [2.24, 2.45) is 5.92 Å². The van der Waals surface area contributed by atoms with Crippen LogP contribution in [0.5, 0.6) is 5.75 Å². The van der Waals surface area contributed by atoms with Gasteiger partial charge in [-0.05, 0) is 43.3 Å². The fraction of sp³-hybridized carbons (Fsp3) is 0.478. The van der Waals surface area contributed by atoms with Crippen molar-refractivity contribution in [2.45, 2.75) is 25.9 Å². The van der Waals surface area contributed by atoms with Crippen molar-refractivity contribution in [1.82, 2.24) is 14.8 Å². The summed E-state index contributed by atoms with van der Waals surface area (Å²) < 4.78 is 11.3. The number of ether oxygens (including phenoxy) is 2. The highest BCUT2D eigenvalue weighted by atomic mass is 16.5. The summed E-state index contributed by atoms with van der Waals surface area (Å²) >= 11 is 0. The van der Waals surface area contributed by atoms with E-state index >= 15 is 0 Å². The summed E-state index contributed by atoms with van der Waals surface area (Å²) in [7, 11) is 2.13. The van der Waals surface area contributed by atoms with Crippen LogP contribution in [0.3, 0.4) is 0 Å². The topological polar surface area (TPSA) is 54.9 Å². The Labute approximate surface area is 172 Å². The first-order chi connectivity index (χ1) is 14.2. The van der Waals surface area contributed by atoms with E-state index in [1.807, 2.05) is 29.3 Å². The van der Waals surface area contributed by atoms with E-state index < -0.39 is 0 Å². The maximum atomic E-state index is 12.8. The number of hydrogen-bond acceptors (Lipinski definition) is 5. The van der Waals surface area contributed by atoms with Crippen LogP contribution in [0.25, 0.3) is 0 Å². The van der Waals surface area contributed by atoms with Gasteiger partial charge < -0.3 is 19.3 Å². The van der Waals surface area contributed by atoms with Crippen LogP contribution in [0.2, 0.25) is 0 Å². The molecule has 4 rings (SSSR count). The van der Waals surface area contributed by atoms with Crippen LogP contribution in [0.4, 0.5) is 0 Å². The molecular formula is C23H29N3O3. The first-order valence-electron chi connectivity index (χ1n) is 10.4. The van der Waals surface area contributed by atoms with Crippen molar-refractivity contribution in [1.29, 1.82) is 0 Å². The third kappa shape index (κ3) is 5.14. The molecule has 1 aromatic carbocycles. The summed E-state index contributed by atoms with van der Waals surface area (Å²) in [4.78, 5) is 21.4. The maximum Gasteiger partial charge on any atom is 0.228 e. The van der Waals surface area contributed by atoms with Gasteiger partial charge in [0.15, 0.2) is 0 Å². The summed E-state index contributed by atoms with van der Waals surface area (Å²) in [6.07, 6.45) is 3.59. The Morgan fingerprint density at radius 1 is 1.28 bits per heavy atom. The van der Waals surface area contributed by atoms with Crippen molar-refractivity contribution in [3.63, 3.8) is 0 Å². The van der Waals surface area contributed by atoms with Gasteiger partial charge in [-0.1, -0.05) is 12.1 Å². The molecular weight excluding hydrogens is 366 g/mol. The number of pyridine rings is 1. The zero-order chi connectivity index (χ0) is 20.1. The predicted molar refractivity (Wildman–Crippen MR) is 111 cm³/mol. The molecule has 6 heteroatoms. The van der Waals surface area contributed by atoms with Crippen LogP contribution < -0.4 is 4.74 Å². The number of carbonyl (C=O) groups is 1. The maximum absolute atomic E-state index is 12.8. The molecule has 2 aromatic rings. The van der Waals surface area contributed by atoms with Crippen molar-refractivity contribution in [3.05, 3.63) is 59.4 Å². The summed E-state index contributed by atoms with van der Waals surface area (Å²) in [6.45, 7) is 4.80. The molecule has 1 unspecified atom stereocenters. The summed E-state index contributed by atoms with van der Waals surface area (Å²) in [5.41, 5.74) is 3.43. The molecule has 0 spiro atoms. The third-order valence-electron chi connectivity index (χ3n) is 5.62. The second-order valence-corrected chi connectivity index (χ2v) is 7.92. The fourth-order valence-corrected chi connectivity index (χ4v) is 3.96. The average molecular weight is 396 g/mol. The normalized spacial score (nSPS) is 19.0. The van der Waals surface area contributed by atoms with Gasteiger partial charge in [0.05, 0.1) is 19.1 Å². The van der Waals surface area contributed by atoms with Crippen molar-refractivity contribution in [3.8, 4) is 5.75 Å². The van der Waals surface area contributed by atoms with E-state index in [9.17, 15) is 4.79 Å². The van der Waals surface area contributed by atoms with Crippen LogP contribution in [-0.2, 0) is 29.0 Å². The molecule has 2 aliphatic rings. The van der Waals surface area contributed by atoms with E-state index in [0.717, 1.165) is 42.9 Å². The second kappa shape index (κ2) is 9.37. The fourth-order valence-electron chi connectivity index (χ4n) is 3.96. The number of hydrogen-bond donors (Lipinski definition) is 0. The molecule has 1 amide bonds. The molecule has 2 aliphatic heterocycles.